The number of hydrogen-bond donors (Lipinski definition) is 3. The number of rotatable bonds is 17. The summed E-state index contributed by atoms with van der Waals surface area (Å²) in [4.78, 5) is 65.9. The zero-order valence-electron chi connectivity index (χ0n) is 33.2. The van der Waals surface area contributed by atoms with Gasteiger partial charge in [-0.25, -0.2) is 0 Å². The molecule has 0 spiro atoms. The van der Waals surface area contributed by atoms with Gasteiger partial charge in [0, 0.05) is 67.5 Å². The number of fused-ring (bicyclic) bond motifs is 3. The molecule has 2 atom stereocenters. The lowest BCUT2D eigenvalue weighted by molar-refractivity contribution is -0.136. The first kappa shape index (κ1) is 40.1. The third kappa shape index (κ3) is 9.00. The topological polar surface area (TPSA) is 177 Å². The van der Waals surface area contributed by atoms with Gasteiger partial charge in [-0.2, -0.15) is 9.97 Å². The van der Waals surface area contributed by atoms with Gasteiger partial charge in [0.15, 0.2) is 0 Å². The smallest absolute Gasteiger partial charge is 0.318 e. The fourth-order valence-corrected chi connectivity index (χ4v) is 8.18. The molecule has 3 aromatic carbocycles. The minimum absolute atomic E-state index is 0.0653. The molecule has 0 aliphatic carbocycles. The predicted octanol–water partition coefficient (Wildman–Crippen LogP) is 2.93. The zero-order valence-corrected chi connectivity index (χ0v) is 33.2. The van der Waals surface area contributed by atoms with Gasteiger partial charge in [0.2, 0.25) is 11.8 Å². The highest BCUT2D eigenvalue weighted by Crippen LogP contribution is 2.35. The number of aromatic nitrogens is 2. The molecular formula is C43H50N8O8. The molecule has 0 saturated carbocycles. The molecule has 0 bridgehead atoms. The number of nitrogens with zero attached hydrogens (tertiary/aromatic N) is 5. The first-order valence-electron chi connectivity index (χ1n) is 20.4. The Hall–Kier alpha value is -5.68. The molecule has 8 rings (SSSR count). The number of carbonyl (C=O) groups is 4. The first-order chi connectivity index (χ1) is 28.9. The van der Waals surface area contributed by atoms with Gasteiger partial charge in [0.1, 0.15) is 18.5 Å². The van der Waals surface area contributed by atoms with E-state index in [9.17, 15) is 19.2 Å². The second-order valence-electron chi connectivity index (χ2n) is 15.0. The van der Waals surface area contributed by atoms with Crippen LogP contribution in [-0.2, 0) is 36.8 Å². The third-order valence-corrected chi connectivity index (χ3v) is 11.0. The minimum atomic E-state index is -1.01. The van der Waals surface area contributed by atoms with Crippen LogP contribution in [0.5, 0.6) is 6.01 Å². The van der Waals surface area contributed by atoms with Crippen molar-refractivity contribution in [1.82, 2.24) is 25.5 Å². The van der Waals surface area contributed by atoms with Gasteiger partial charge < -0.3 is 39.4 Å². The first-order valence-corrected chi connectivity index (χ1v) is 20.4. The molecule has 4 aromatic rings. The number of amides is 4. The molecule has 0 radical (unpaired) electrons. The number of imide groups is 2. The molecule has 1 aromatic heterocycles. The third-order valence-electron chi connectivity index (χ3n) is 11.0. The molecule has 16 heteroatoms. The maximum absolute atomic E-state index is 13.3. The Balaban J connectivity index is 0.750. The van der Waals surface area contributed by atoms with Gasteiger partial charge in [0.25, 0.3) is 11.8 Å². The highest BCUT2D eigenvalue weighted by Gasteiger charge is 2.45. The van der Waals surface area contributed by atoms with E-state index in [2.05, 4.69) is 75.1 Å². The Labute approximate surface area is 342 Å². The van der Waals surface area contributed by atoms with Crippen LogP contribution in [0.2, 0.25) is 0 Å². The highest BCUT2D eigenvalue weighted by molar-refractivity contribution is 6.25. The van der Waals surface area contributed by atoms with E-state index >= 15 is 0 Å². The average molecular weight is 807 g/mol. The van der Waals surface area contributed by atoms with Crippen molar-refractivity contribution in [2.75, 3.05) is 94.1 Å². The maximum Gasteiger partial charge on any atom is 0.318 e. The van der Waals surface area contributed by atoms with Gasteiger partial charge in [-0.15, -0.1) is 0 Å². The van der Waals surface area contributed by atoms with Crippen molar-refractivity contribution in [2.45, 2.75) is 44.8 Å². The van der Waals surface area contributed by atoms with Gasteiger partial charge in [-0.1, -0.05) is 42.5 Å². The van der Waals surface area contributed by atoms with Crippen LogP contribution < -0.4 is 30.5 Å². The SMILES string of the molecule is C[C@@H]1CN(c2nc(OCCOCCOCCOCCNc3cccc4c3C(=O)N(C3CCC(=O)NC3=O)C4=O)nc3c2CCN(c2cccc4ccccc24)C3)CCN1. The van der Waals surface area contributed by atoms with Gasteiger partial charge >= 0.3 is 6.01 Å². The number of piperidine rings is 1. The summed E-state index contributed by atoms with van der Waals surface area (Å²) < 4.78 is 23.2. The van der Waals surface area contributed by atoms with E-state index in [1.807, 2.05) is 0 Å². The molecule has 2 fully saturated rings. The highest BCUT2D eigenvalue weighted by atomic mass is 16.6. The van der Waals surface area contributed by atoms with E-state index in [1.165, 1.54) is 22.0 Å². The molecule has 4 aliphatic heterocycles. The molecular weight excluding hydrogens is 757 g/mol. The van der Waals surface area contributed by atoms with Crippen LogP contribution in [-0.4, -0.2) is 130 Å². The van der Waals surface area contributed by atoms with Gasteiger partial charge in [0.05, 0.1) is 63.0 Å². The van der Waals surface area contributed by atoms with E-state index in [0.717, 1.165) is 49.0 Å². The molecule has 5 heterocycles. The van der Waals surface area contributed by atoms with Gasteiger partial charge in [-0.05, 0) is 43.4 Å². The summed E-state index contributed by atoms with van der Waals surface area (Å²) in [6, 6.07) is 19.6. The lowest BCUT2D eigenvalue weighted by atomic mass is 10.0. The second-order valence-corrected chi connectivity index (χ2v) is 15.0. The maximum atomic E-state index is 13.3. The fourth-order valence-electron chi connectivity index (χ4n) is 8.18. The molecule has 3 N–H and O–H groups in total. The number of nitrogens with one attached hydrogen (secondary N) is 3. The summed E-state index contributed by atoms with van der Waals surface area (Å²) in [7, 11) is 0. The fraction of sp³-hybridized carbons (Fsp3) is 0.442. The summed E-state index contributed by atoms with van der Waals surface area (Å²) in [5.41, 5.74) is 4.32. The van der Waals surface area contributed by atoms with Crippen LogP contribution in [0, 0.1) is 0 Å². The molecule has 16 nitrogen and oxygen atoms in total. The summed E-state index contributed by atoms with van der Waals surface area (Å²) in [6.45, 7) is 9.30. The van der Waals surface area contributed by atoms with Crippen molar-refractivity contribution in [2.24, 2.45) is 0 Å². The largest absolute Gasteiger partial charge is 0.461 e. The summed E-state index contributed by atoms with van der Waals surface area (Å²) in [5.74, 6) is -1.19. The molecule has 4 amide bonds. The normalized spacial score (nSPS) is 19.2. The molecule has 4 aliphatic rings. The van der Waals surface area contributed by atoms with E-state index in [0.29, 0.717) is 77.1 Å². The molecule has 1 unspecified atom stereocenters. The van der Waals surface area contributed by atoms with E-state index in [-0.39, 0.29) is 24.0 Å². The monoisotopic (exact) mass is 806 g/mol. The van der Waals surface area contributed by atoms with Crippen LogP contribution in [0.4, 0.5) is 17.2 Å². The summed E-state index contributed by atoms with van der Waals surface area (Å²) in [5, 5.41) is 11.4. The molecule has 2 saturated heterocycles. The van der Waals surface area contributed by atoms with Crippen LogP contribution >= 0.6 is 0 Å². The Kier molecular flexibility index (Phi) is 12.6. The van der Waals surface area contributed by atoms with Crippen LogP contribution in [0.1, 0.15) is 51.7 Å². The van der Waals surface area contributed by atoms with Crippen molar-refractivity contribution in [3.05, 3.63) is 83.0 Å². The minimum Gasteiger partial charge on any atom is -0.461 e. The summed E-state index contributed by atoms with van der Waals surface area (Å²) >= 11 is 0. The number of piperazine rings is 1. The summed E-state index contributed by atoms with van der Waals surface area (Å²) in [6.07, 6.45) is 1.02. The van der Waals surface area contributed by atoms with Crippen molar-refractivity contribution in [1.29, 1.82) is 0 Å². The number of carbonyl (C=O) groups excluding carboxylic acids is 4. The predicted molar refractivity (Wildman–Crippen MR) is 220 cm³/mol. The number of ether oxygens (including phenoxy) is 4. The molecule has 310 valence electrons. The van der Waals surface area contributed by atoms with E-state index in [1.54, 1.807) is 18.2 Å². The van der Waals surface area contributed by atoms with Crippen LogP contribution in [0.25, 0.3) is 10.8 Å². The van der Waals surface area contributed by atoms with Crippen LogP contribution in [0.3, 0.4) is 0 Å². The number of hydrogen-bond acceptors (Lipinski definition) is 14. The van der Waals surface area contributed by atoms with Crippen molar-refractivity contribution in [3.63, 3.8) is 0 Å². The average Bonchev–Trinajstić information content (AvgIpc) is 3.50. The number of anilines is 3. The Bertz CT molecular complexity index is 2200. The molecule has 59 heavy (non-hydrogen) atoms. The van der Waals surface area contributed by atoms with Crippen molar-refractivity contribution < 1.29 is 38.1 Å². The lowest BCUT2D eigenvalue weighted by Gasteiger charge is -2.37. The Morgan fingerprint density at radius 1 is 0.797 bits per heavy atom. The zero-order chi connectivity index (χ0) is 40.7. The van der Waals surface area contributed by atoms with E-state index < -0.39 is 29.7 Å². The lowest BCUT2D eigenvalue weighted by Crippen LogP contribution is -2.54. The quantitative estimate of drug-likeness (QED) is 0.105. The number of benzene rings is 3. The second kappa shape index (κ2) is 18.5. The Morgan fingerprint density at radius 2 is 1.56 bits per heavy atom. The Morgan fingerprint density at radius 3 is 2.37 bits per heavy atom. The van der Waals surface area contributed by atoms with Crippen molar-refractivity contribution >= 4 is 51.6 Å². The van der Waals surface area contributed by atoms with Gasteiger partial charge in [-0.3, -0.25) is 29.4 Å². The standard InChI is InChI=1S/C43H50N8O8/c1-28-26-50(18-15-44-28)39-31-14-17-49(35-11-4-7-29-6-2-3-8-30(29)35)27-34(31)46-43(48-39)59-25-24-58-23-22-57-21-20-56-19-16-45-33-10-5-9-32-38(33)42(55)51(41(32)54)36-12-13-37(52)47-40(36)53/h2-11,28,36,44-45H,12-27H2,1H3,(H,47,52,53)/t28-,36?/m1/s1. The van der Waals surface area contributed by atoms with Crippen LogP contribution in [0.15, 0.2) is 60.7 Å². The van der Waals surface area contributed by atoms with Crippen molar-refractivity contribution in [3.8, 4) is 6.01 Å². The van der Waals surface area contributed by atoms with E-state index in [4.69, 9.17) is 28.9 Å².